The molecule has 1 fully saturated rings. The van der Waals surface area contributed by atoms with Crippen LogP contribution in [0.25, 0.3) is 0 Å². The summed E-state index contributed by atoms with van der Waals surface area (Å²) in [6.45, 7) is 9.62. The number of hydrogen-bond acceptors (Lipinski definition) is 6. The zero-order valence-electron chi connectivity index (χ0n) is 20.6. The van der Waals surface area contributed by atoms with Crippen molar-refractivity contribution < 1.29 is 17.2 Å². The lowest BCUT2D eigenvalue weighted by Gasteiger charge is -2.49. The highest BCUT2D eigenvalue weighted by atomic mass is 32.2. The fourth-order valence-electron chi connectivity index (χ4n) is 5.48. The molecule has 1 aromatic carbocycles. The Morgan fingerprint density at radius 3 is 2.44 bits per heavy atom. The van der Waals surface area contributed by atoms with Gasteiger partial charge in [-0.2, -0.15) is 5.26 Å². The summed E-state index contributed by atoms with van der Waals surface area (Å²) < 4.78 is 50.0. The van der Waals surface area contributed by atoms with Crippen molar-refractivity contribution in [1.82, 2.24) is 4.90 Å². The van der Waals surface area contributed by atoms with E-state index < -0.39 is 15.9 Å². The molecule has 3 N–H and O–H groups in total. The quantitative estimate of drug-likeness (QED) is 0.449. The average Bonchev–Trinajstić information content (AvgIpc) is 3.12. The molecule has 6 nitrogen and oxygen atoms in total. The van der Waals surface area contributed by atoms with Crippen LogP contribution in [0.1, 0.15) is 61.1 Å². The Hall–Kier alpha value is -2.32. The van der Waals surface area contributed by atoms with Gasteiger partial charge in [0, 0.05) is 60.4 Å². The number of hydrogen-bond donors (Lipinski definition) is 2. The maximum Gasteiger partial charge on any atom is 0.248 e. The Morgan fingerprint density at radius 1 is 1.28 bits per heavy atom. The fourth-order valence-corrected chi connectivity index (χ4v) is 7.34. The molecule has 36 heavy (non-hydrogen) atoms. The van der Waals surface area contributed by atoms with Gasteiger partial charge in [-0.1, -0.05) is 32.6 Å². The van der Waals surface area contributed by atoms with Crippen LogP contribution in [0.2, 0.25) is 0 Å². The number of alkyl halides is 2. The van der Waals surface area contributed by atoms with E-state index in [4.69, 9.17) is 5.14 Å². The van der Waals surface area contributed by atoms with Crippen molar-refractivity contribution in [3.8, 4) is 6.07 Å². The number of benzene rings is 1. The summed E-state index contributed by atoms with van der Waals surface area (Å²) >= 11 is 1.57. The molecule has 4 rings (SSSR count). The van der Waals surface area contributed by atoms with Gasteiger partial charge in [-0.25, -0.2) is 22.3 Å². The molecule has 10 heteroatoms. The van der Waals surface area contributed by atoms with Crippen molar-refractivity contribution in [3.05, 3.63) is 58.1 Å². The van der Waals surface area contributed by atoms with Crippen molar-refractivity contribution in [2.75, 3.05) is 11.9 Å². The summed E-state index contributed by atoms with van der Waals surface area (Å²) in [7, 11) is -3.75. The lowest BCUT2D eigenvalue weighted by atomic mass is 9.77. The molecule has 194 valence electrons. The fraction of sp³-hybridized carbons (Fsp3) is 0.500. The summed E-state index contributed by atoms with van der Waals surface area (Å²) in [6, 6.07) is 8.66. The first kappa shape index (κ1) is 26.7. The van der Waals surface area contributed by atoms with E-state index in [0.29, 0.717) is 30.8 Å². The molecule has 2 heterocycles. The molecule has 0 saturated heterocycles. The number of anilines is 1. The number of sulfonamides is 1. The van der Waals surface area contributed by atoms with E-state index in [-0.39, 0.29) is 29.2 Å². The summed E-state index contributed by atoms with van der Waals surface area (Å²) in [5.74, 6) is -2.55. The van der Waals surface area contributed by atoms with Gasteiger partial charge in [-0.3, -0.25) is 4.90 Å². The van der Waals surface area contributed by atoms with Crippen molar-refractivity contribution in [2.45, 2.75) is 75.3 Å². The first-order valence-corrected chi connectivity index (χ1v) is 14.5. The molecule has 2 aromatic rings. The van der Waals surface area contributed by atoms with E-state index in [1.54, 1.807) is 23.5 Å². The zero-order chi connectivity index (χ0) is 26.3. The first-order chi connectivity index (χ1) is 16.9. The van der Waals surface area contributed by atoms with Gasteiger partial charge in [0.2, 0.25) is 15.9 Å². The number of nitrogens with zero attached hydrogens (tertiary/aromatic N) is 2. The number of primary sulfonamides is 1. The largest absolute Gasteiger partial charge is 0.350 e. The van der Waals surface area contributed by atoms with Crippen LogP contribution in [0.5, 0.6) is 0 Å². The third kappa shape index (κ3) is 5.35. The summed E-state index contributed by atoms with van der Waals surface area (Å²) in [6.07, 6.45) is 2.96. The molecule has 1 aromatic heterocycles. The van der Waals surface area contributed by atoms with Crippen molar-refractivity contribution in [2.24, 2.45) is 11.1 Å². The van der Waals surface area contributed by atoms with Crippen molar-refractivity contribution in [3.63, 3.8) is 0 Å². The van der Waals surface area contributed by atoms with Gasteiger partial charge in [0.05, 0.1) is 10.5 Å². The molecule has 2 aliphatic rings. The van der Waals surface area contributed by atoms with Crippen LogP contribution < -0.4 is 10.5 Å². The summed E-state index contributed by atoms with van der Waals surface area (Å²) in [4.78, 5) is 3.56. The van der Waals surface area contributed by atoms with Crippen LogP contribution in [-0.4, -0.2) is 31.3 Å². The number of nitrogens with two attached hydrogens (primary N) is 1. The second-order valence-electron chi connectivity index (χ2n) is 10.0. The molecule has 1 aliphatic carbocycles. The van der Waals surface area contributed by atoms with Crippen LogP contribution in [0.4, 0.5) is 13.8 Å². The maximum absolute atomic E-state index is 13.5. The Labute approximate surface area is 215 Å². The number of allylic oxidation sites excluding steroid dienone is 1. The minimum absolute atomic E-state index is 0.0128. The zero-order valence-corrected chi connectivity index (χ0v) is 22.2. The highest BCUT2D eigenvalue weighted by Gasteiger charge is 2.48. The molecule has 0 spiro atoms. The number of fused-ring (bicyclic) bond motifs is 1. The minimum Gasteiger partial charge on any atom is -0.350 e. The number of halogens is 2. The molecule has 1 aliphatic heterocycles. The molecule has 0 radical (unpaired) electrons. The van der Waals surface area contributed by atoms with Gasteiger partial charge >= 0.3 is 0 Å². The second-order valence-corrected chi connectivity index (χ2v) is 12.7. The van der Waals surface area contributed by atoms with E-state index in [9.17, 15) is 22.5 Å². The van der Waals surface area contributed by atoms with Crippen molar-refractivity contribution >= 4 is 26.4 Å². The van der Waals surface area contributed by atoms with Crippen LogP contribution >= 0.6 is 11.3 Å². The predicted molar refractivity (Wildman–Crippen MR) is 138 cm³/mol. The average molecular weight is 535 g/mol. The molecule has 0 bridgehead atoms. The maximum atomic E-state index is 13.5. The van der Waals surface area contributed by atoms with Crippen molar-refractivity contribution in [1.29, 1.82) is 5.26 Å². The van der Waals surface area contributed by atoms with E-state index in [0.717, 1.165) is 35.4 Å². The summed E-state index contributed by atoms with van der Waals surface area (Å²) in [5, 5.41) is 19.2. The Bertz CT molecular complexity index is 1280. The molecule has 0 atom stereocenters. The molecular weight excluding hydrogens is 502 g/mol. The lowest BCUT2D eigenvalue weighted by molar-refractivity contribution is -0.124. The second kappa shape index (κ2) is 9.86. The third-order valence-corrected chi connectivity index (χ3v) is 9.72. The molecule has 1 saturated carbocycles. The molecule has 0 unspecified atom stereocenters. The minimum atomic E-state index is -3.75. The first-order valence-electron chi connectivity index (χ1n) is 12.1. The van der Waals surface area contributed by atoms with E-state index in [2.05, 4.69) is 36.7 Å². The van der Waals surface area contributed by atoms with Crippen LogP contribution in [0, 0.1) is 17.2 Å². The number of rotatable bonds is 9. The van der Waals surface area contributed by atoms with Crippen LogP contribution in [-0.2, 0) is 29.4 Å². The smallest absolute Gasteiger partial charge is 0.248 e. The lowest BCUT2D eigenvalue weighted by Crippen LogP contribution is -2.55. The van der Waals surface area contributed by atoms with Gasteiger partial charge in [0.15, 0.2) is 0 Å². The predicted octanol–water partition coefficient (Wildman–Crippen LogP) is 5.40. The molecule has 0 amide bonds. The van der Waals surface area contributed by atoms with Gasteiger partial charge in [-0.15, -0.1) is 11.3 Å². The van der Waals surface area contributed by atoms with Gasteiger partial charge in [-0.05, 0) is 36.5 Å². The number of nitriles is 1. The standard InChI is InChI=1S/C26H32F2N4O2S2/c1-4-25(5-2)13-23-22(16-32(25)15-19-11-26(27,28)12-19)21(14-29)24(35-23)31-17(3)10-18-6-8-20(9-7-18)36(30,33)34/h6-9,19,31H,3-5,10-13,15-16H2,1-2H3,(H2,30,33,34). The van der Waals surface area contributed by atoms with Gasteiger partial charge in [0.1, 0.15) is 11.1 Å². The van der Waals surface area contributed by atoms with E-state index >= 15 is 0 Å². The van der Waals surface area contributed by atoms with Crippen LogP contribution in [0.3, 0.4) is 0 Å². The van der Waals surface area contributed by atoms with Gasteiger partial charge < -0.3 is 5.32 Å². The van der Waals surface area contributed by atoms with Crippen LogP contribution in [0.15, 0.2) is 41.4 Å². The monoisotopic (exact) mass is 534 g/mol. The van der Waals surface area contributed by atoms with Gasteiger partial charge in [0.25, 0.3) is 0 Å². The third-order valence-electron chi connectivity index (χ3n) is 7.64. The Balaban J connectivity index is 1.52. The topological polar surface area (TPSA) is 99.2 Å². The Morgan fingerprint density at radius 2 is 1.92 bits per heavy atom. The number of nitrogens with one attached hydrogen (secondary N) is 1. The SMILES string of the molecule is C=C(Cc1ccc(S(N)(=O)=O)cc1)Nc1sc2c(c1C#N)CN(CC1CC(F)(F)C1)C(CC)(CC)C2. The highest BCUT2D eigenvalue weighted by molar-refractivity contribution is 7.89. The number of thiophene rings is 1. The Kier molecular flexibility index (Phi) is 7.32. The van der Waals surface area contributed by atoms with E-state index in [1.807, 2.05) is 0 Å². The summed E-state index contributed by atoms with van der Waals surface area (Å²) in [5.41, 5.74) is 3.01. The van der Waals surface area contributed by atoms with E-state index in [1.165, 1.54) is 17.0 Å². The highest BCUT2D eigenvalue weighted by Crippen LogP contribution is 2.48. The molecular formula is C26H32F2N4O2S2. The normalized spacial score (nSPS) is 19.2.